The molecule has 3 rings (SSSR count). The number of hydrogen-bond donors (Lipinski definition) is 1. The lowest BCUT2D eigenvalue weighted by atomic mass is 9.77. The van der Waals surface area contributed by atoms with Crippen LogP contribution in [0.15, 0.2) is 6.20 Å². The average Bonchev–Trinajstić information content (AvgIpc) is 2.91. The predicted molar refractivity (Wildman–Crippen MR) is 78.5 cm³/mol. The van der Waals surface area contributed by atoms with E-state index < -0.39 is 0 Å². The highest BCUT2D eigenvalue weighted by Gasteiger charge is 2.37. The summed E-state index contributed by atoms with van der Waals surface area (Å²) in [5.41, 5.74) is 0.546. The summed E-state index contributed by atoms with van der Waals surface area (Å²) in [6.07, 6.45) is 9.07. The number of anilines is 2. The lowest BCUT2D eigenvalue weighted by Crippen LogP contribution is -2.39. The zero-order chi connectivity index (χ0) is 14.0. The Balaban J connectivity index is 1.72. The van der Waals surface area contributed by atoms with Crippen LogP contribution >= 0.6 is 0 Å². The van der Waals surface area contributed by atoms with Crippen molar-refractivity contribution in [1.29, 1.82) is 0 Å². The van der Waals surface area contributed by atoms with E-state index in [1.165, 1.54) is 44.7 Å². The molecule has 1 spiro atoms. The summed E-state index contributed by atoms with van der Waals surface area (Å²) in [4.78, 5) is 10.4. The minimum Gasteiger partial charge on any atom is -0.354 e. The summed E-state index contributed by atoms with van der Waals surface area (Å²) < 4.78 is 14.0. The van der Waals surface area contributed by atoms with Gasteiger partial charge in [0.25, 0.3) is 0 Å². The topological polar surface area (TPSA) is 41.1 Å². The number of nitrogens with zero attached hydrogens (tertiary/aromatic N) is 3. The van der Waals surface area contributed by atoms with Gasteiger partial charge in [0.15, 0.2) is 11.6 Å². The summed E-state index contributed by atoms with van der Waals surface area (Å²) in [5.74, 6) is 0.669. The van der Waals surface area contributed by atoms with Crippen LogP contribution in [0.2, 0.25) is 0 Å². The summed E-state index contributed by atoms with van der Waals surface area (Å²) >= 11 is 0. The van der Waals surface area contributed by atoms with Crippen LogP contribution in [0.25, 0.3) is 0 Å². The van der Waals surface area contributed by atoms with Crippen molar-refractivity contribution in [1.82, 2.24) is 9.97 Å². The average molecular weight is 278 g/mol. The highest BCUT2D eigenvalue weighted by atomic mass is 19.1. The summed E-state index contributed by atoms with van der Waals surface area (Å²) in [5, 5.41) is 3.05. The van der Waals surface area contributed by atoms with Gasteiger partial charge in [0.2, 0.25) is 5.95 Å². The van der Waals surface area contributed by atoms with Crippen LogP contribution in [-0.2, 0) is 0 Å². The molecule has 2 heterocycles. The second kappa shape index (κ2) is 5.54. The summed E-state index contributed by atoms with van der Waals surface area (Å²) in [6, 6.07) is 0. The minimum atomic E-state index is -0.311. The molecule has 2 fully saturated rings. The van der Waals surface area contributed by atoms with Gasteiger partial charge in [-0.05, 0) is 38.0 Å². The fourth-order valence-electron chi connectivity index (χ4n) is 3.64. The first-order valence-corrected chi connectivity index (χ1v) is 7.74. The quantitative estimate of drug-likeness (QED) is 0.921. The molecule has 0 atom stereocenters. The van der Waals surface area contributed by atoms with Gasteiger partial charge in [-0.2, -0.15) is 4.98 Å². The van der Waals surface area contributed by atoms with Gasteiger partial charge in [0, 0.05) is 19.6 Å². The maximum Gasteiger partial charge on any atom is 0.224 e. The molecule has 0 bridgehead atoms. The van der Waals surface area contributed by atoms with Crippen LogP contribution in [0.4, 0.5) is 16.2 Å². The normalized spacial score (nSPS) is 21.4. The number of halogens is 1. The van der Waals surface area contributed by atoms with Crippen LogP contribution in [0.1, 0.15) is 45.4 Å². The largest absolute Gasteiger partial charge is 0.354 e. The van der Waals surface area contributed by atoms with Crippen molar-refractivity contribution in [3.63, 3.8) is 0 Å². The van der Waals surface area contributed by atoms with E-state index >= 15 is 0 Å². The molecule has 2 aliphatic rings. The molecule has 1 aliphatic carbocycles. The maximum atomic E-state index is 14.0. The van der Waals surface area contributed by atoms with Crippen LogP contribution in [0, 0.1) is 11.2 Å². The van der Waals surface area contributed by atoms with Crippen molar-refractivity contribution in [3.05, 3.63) is 12.0 Å². The Hall–Kier alpha value is -1.39. The highest BCUT2D eigenvalue weighted by Crippen LogP contribution is 2.46. The molecule has 110 valence electrons. The monoisotopic (exact) mass is 278 g/mol. The van der Waals surface area contributed by atoms with Gasteiger partial charge < -0.3 is 10.2 Å². The molecular formula is C15H23FN4. The van der Waals surface area contributed by atoms with Crippen LogP contribution in [-0.4, -0.2) is 29.6 Å². The fourth-order valence-corrected chi connectivity index (χ4v) is 3.64. The lowest BCUT2D eigenvalue weighted by Gasteiger charge is -2.40. The van der Waals surface area contributed by atoms with Gasteiger partial charge >= 0.3 is 0 Å². The summed E-state index contributed by atoms with van der Waals surface area (Å²) in [6.45, 7) is 4.56. The number of aromatic nitrogens is 2. The second-order valence-electron chi connectivity index (χ2n) is 6.09. The van der Waals surface area contributed by atoms with Crippen molar-refractivity contribution < 1.29 is 4.39 Å². The number of rotatable bonds is 3. The fraction of sp³-hybridized carbons (Fsp3) is 0.733. The molecule has 1 aliphatic heterocycles. The molecule has 20 heavy (non-hydrogen) atoms. The van der Waals surface area contributed by atoms with E-state index in [4.69, 9.17) is 0 Å². The first-order chi connectivity index (χ1) is 9.72. The van der Waals surface area contributed by atoms with Crippen molar-refractivity contribution in [3.8, 4) is 0 Å². The van der Waals surface area contributed by atoms with E-state index in [2.05, 4.69) is 20.2 Å². The Morgan fingerprint density at radius 3 is 2.60 bits per heavy atom. The number of piperidine rings is 1. The Labute approximate surface area is 119 Å². The SMILES string of the molecule is CCNc1ncc(F)c(N2CCC3(CCCC3)CC2)n1. The summed E-state index contributed by atoms with van der Waals surface area (Å²) in [7, 11) is 0. The van der Waals surface area contributed by atoms with Gasteiger partial charge in [0.1, 0.15) is 0 Å². The Kier molecular flexibility index (Phi) is 3.76. The standard InChI is InChI=1S/C15H23FN4/c1-2-17-14-18-11-12(16)13(19-14)20-9-7-15(8-10-20)5-3-4-6-15/h11H,2-10H2,1H3,(H,17,18,19). The van der Waals surface area contributed by atoms with Gasteiger partial charge in [0.05, 0.1) is 6.20 Å². The molecule has 1 N–H and O–H groups in total. The van der Waals surface area contributed by atoms with E-state index in [1.54, 1.807) is 0 Å². The Morgan fingerprint density at radius 2 is 1.95 bits per heavy atom. The first-order valence-electron chi connectivity index (χ1n) is 7.74. The molecule has 0 aromatic carbocycles. The molecule has 1 aromatic rings. The second-order valence-corrected chi connectivity index (χ2v) is 6.09. The molecule has 1 saturated heterocycles. The number of hydrogen-bond acceptors (Lipinski definition) is 4. The molecule has 0 radical (unpaired) electrons. The van der Waals surface area contributed by atoms with E-state index in [0.29, 0.717) is 17.2 Å². The smallest absolute Gasteiger partial charge is 0.224 e. The predicted octanol–water partition coefficient (Wildman–Crippen LogP) is 3.21. The lowest BCUT2D eigenvalue weighted by molar-refractivity contribution is 0.225. The van der Waals surface area contributed by atoms with Gasteiger partial charge in [-0.3, -0.25) is 0 Å². The molecule has 5 heteroatoms. The van der Waals surface area contributed by atoms with E-state index in [-0.39, 0.29) is 5.82 Å². The van der Waals surface area contributed by atoms with Crippen LogP contribution < -0.4 is 10.2 Å². The molecule has 1 saturated carbocycles. The molecular weight excluding hydrogens is 255 g/mol. The van der Waals surface area contributed by atoms with E-state index in [0.717, 1.165) is 19.6 Å². The highest BCUT2D eigenvalue weighted by molar-refractivity contribution is 5.44. The molecule has 1 aromatic heterocycles. The van der Waals surface area contributed by atoms with Gasteiger partial charge in [-0.25, -0.2) is 9.37 Å². The zero-order valence-corrected chi connectivity index (χ0v) is 12.2. The van der Waals surface area contributed by atoms with Crippen molar-refractivity contribution in [2.75, 3.05) is 29.9 Å². The minimum absolute atomic E-state index is 0.311. The van der Waals surface area contributed by atoms with Crippen molar-refractivity contribution in [2.45, 2.75) is 45.4 Å². The van der Waals surface area contributed by atoms with E-state index in [9.17, 15) is 4.39 Å². The van der Waals surface area contributed by atoms with Crippen molar-refractivity contribution >= 4 is 11.8 Å². The van der Waals surface area contributed by atoms with Gasteiger partial charge in [-0.1, -0.05) is 12.8 Å². The van der Waals surface area contributed by atoms with Gasteiger partial charge in [-0.15, -0.1) is 0 Å². The van der Waals surface area contributed by atoms with Crippen molar-refractivity contribution in [2.24, 2.45) is 5.41 Å². The Bertz CT molecular complexity index is 461. The third kappa shape index (κ3) is 2.58. The van der Waals surface area contributed by atoms with Crippen LogP contribution in [0.5, 0.6) is 0 Å². The molecule has 4 nitrogen and oxygen atoms in total. The third-order valence-corrected chi connectivity index (χ3v) is 4.85. The van der Waals surface area contributed by atoms with Crippen LogP contribution in [0.3, 0.4) is 0 Å². The maximum absolute atomic E-state index is 14.0. The number of nitrogens with one attached hydrogen (secondary N) is 1. The first kappa shape index (κ1) is 13.6. The zero-order valence-electron chi connectivity index (χ0n) is 12.2. The Morgan fingerprint density at radius 1 is 1.25 bits per heavy atom. The van der Waals surface area contributed by atoms with E-state index in [1.807, 2.05) is 6.92 Å². The molecule has 0 amide bonds. The third-order valence-electron chi connectivity index (χ3n) is 4.85. The molecule has 0 unspecified atom stereocenters.